The zero-order chi connectivity index (χ0) is 11.2. The molecule has 0 aliphatic heterocycles. The summed E-state index contributed by atoms with van der Waals surface area (Å²) in [5.74, 6) is 0. The first kappa shape index (κ1) is 13.6. The van der Waals surface area contributed by atoms with E-state index in [-0.39, 0.29) is 0 Å². The lowest BCUT2D eigenvalue weighted by atomic mass is 10.0. The number of hydrogen-bond donors (Lipinski definition) is 1. The molecule has 1 N–H and O–H groups in total. The maximum Gasteiger partial charge on any atom is 0.0691 e. The molecule has 2 heteroatoms. The molecule has 0 radical (unpaired) electrons. The van der Waals surface area contributed by atoms with Crippen molar-refractivity contribution in [1.29, 1.82) is 5.41 Å². The predicted molar refractivity (Wildman–Crippen MR) is 69.0 cm³/mol. The van der Waals surface area contributed by atoms with E-state index in [1.807, 2.05) is 0 Å². The zero-order valence-corrected chi connectivity index (χ0v) is 11.4. The summed E-state index contributed by atoms with van der Waals surface area (Å²) in [5, 5.41) is 7.91. The summed E-state index contributed by atoms with van der Waals surface area (Å²) in [6.07, 6.45) is 4.42. The Morgan fingerprint density at radius 1 is 1.21 bits per heavy atom. The van der Waals surface area contributed by atoms with Gasteiger partial charge < -0.3 is 5.41 Å². The van der Waals surface area contributed by atoms with Crippen LogP contribution in [0.1, 0.15) is 39.5 Å². The van der Waals surface area contributed by atoms with Crippen molar-refractivity contribution in [3.05, 3.63) is 11.3 Å². The molecule has 0 unspecified atom stereocenters. The van der Waals surface area contributed by atoms with Crippen LogP contribution < -0.4 is 0 Å². The second kappa shape index (κ2) is 6.17. The number of hydrogen-bond acceptors (Lipinski definition) is 1. The van der Waals surface area contributed by atoms with E-state index in [1.54, 1.807) is 0 Å². The van der Waals surface area contributed by atoms with Gasteiger partial charge in [0.15, 0.2) is 0 Å². The molecule has 0 saturated carbocycles. The summed E-state index contributed by atoms with van der Waals surface area (Å²) in [4.78, 5) is 0. The fourth-order valence-electron chi connectivity index (χ4n) is 1.43. The van der Waals surface area contributed by atoms with Gasteiger partial charge in [-0.05, 0) is 24.8 Å². The van der Waals surface area contributed by atoms with Gasteiger partial charge >= 0.3 is 0 Å². The van der Waals surface area contributed by atoms with Crippen molar-refractivity contribution >= 4 is 13.8 Å². The molecule has 0 saturated heterocycles. The quantitative estimate of drug-likeness (QED) is 0.497. The maximum absolute atomic E-state index is 7.91. The van der Waals surface area contributed by atoms with E-state index in [9.17, 15) is 0 Å². The molecule has 0 bridgehead atoms. The number of rotatable bonds is 6. The van der Waals surface area contributed by atoms with Crippen LogP contribution in [0, 0.1) is 5.41 Å². The van der Waals surface area contributed by atoms with Crippen molar-refractivity contribution in [1.82, 2.24) is 0 Å². The molecule has 14 heavy (non-hydrogen) atoms. The molecule has 0 aromatic heterocycles. The molecule has 82 valence electrons. The van der Waals surface area contributed by atoms with Crippen molar-refractivity contribution in [2.45, 2.75) is 59.2 Å². The third-order valence-electron chi connectivity index (χ3n) is 2.15. The lowest BCUT2D eigenvalue weighted by Crippen LogP contribution is -2.19. The highest BCUT2D eigenvalue weighted by Crippen LogP contribution is 2.15. The smallest absolute Gasteiger partial charge is 0.0691 e. The van der Waals surface area contributed by atoms with E-state index >= 15 is 0 Å². The molecule has 0 spiro atoms. The number of allylic oxidation sites excluding steroid dienone is 1. The summed E-state index contributed by atoms with van der Waals surface area (Å²) in [6.45, 7) is 11.3. The summed E-state index contributed by atoms with van der Waals surface area (Å²) >= 11 is 0. The minimum atomic E-state index is -1.15. The summed E-state index contributed by atoms with van der Waals surface area (Å²) in [6, 6.07) is 0. The first-order valence-corrected chi connectivity index (χ1v) is 9.28. The minimum absolute atomic E-state index is 0.848. The normalized spacial score (nSPS) is 13.1. The van der Waals surface area contributed by atoms with Gasteiger partial charge in [0.25, 0.3) is 0 Å². The average Bonchev–Trinajstić information content (AvgIpc) is 2.09. The predicted octanol–water partition coefficient (Wildman–Crippen LogP) is 4.41. The van der Waals surface area contributed by atoms with Gasteiger partial charge in [-0.2, -0.15) is 0 Å². The van der Waals surface area contributed by atoms with E-state index in [0.29, 0.717) is 0 Å². The molecular formula is C12H25NSi. The van der Waals surface area contributed by atoms with Crippen LogP contribution in [0.5, 0.6) is 0 Å². The van der Waals surface area contributed by atoms with Crippen LogP contribution in [0.2, 0.25) is 19.6 Å². The molecule has 0 aromatic carbocycles. The molecule has 0 aliphatic carbocycles. The standard InChI is InChI=1S/C12H25NSi/c1-6-8-9-11(12(13)7-2)10-14(3,4)5/h10,13H,6-9H2,1-5H3. The van der Waals surface area contributed by atoms with E-state index in [4.69, 9.17) is 5.41 Å². The highest BCUT2D eigenvalue weighted by atomic mass is 28.3. The monoisotopic (exact) mass is 211 g/mol. The SMILES string of the molecule is CCCCC(=C[Si](C)(C)C)C(=N)CC. The first-order valence-electron chi connectivity index (χ1n) is 5.70. The summed E-state index contributed by atoms with van der Waals surface area (Å²) in [5.41, 5.74) is 4.56. The van der Waals surface area contributed by atoms with Gasteiger partial charge in [-0.25, -0.2) is 0 Å². The van der Waals surface area contributed by atoms with Crippen LogP contribution in [-0.2, 0) is 0 Å². The van der Waals surface area contributed by atoms with Crippen LogP contribution in [0.3, 0.4) is 0 Å². The topological polar surface area (TPSA) is 23.9 Å². The van der Waals surface area contributed by atoms with Gasteiger partial charge in [0.1, 0.15) is 0 Å². The van der Waals surface area contributed by atoms with Crippen LogP contribution in [0.15, 0.2) is 11.3 Å². The lowest BCUT2D eigenvalue weighted by molar-refractivity contribution is 0.800. The van der Waals surface area contributed by atoms with E-state index in [1.165, 1.54) is 18.4 Å². The Labute approximate surface area is 90.1 Å². The molecular weight excluding hydrogens is 186 g/mol. The second-order valence-electron chi connectivity index (χ2n) is 4.97. The van der Waals surface area contributed by atoms with Crippen molar-refractivity contribution in [2.75, 3.05) is 0 Å². The maximum atomic E-state index is 7.91. The summed E-state index contributed by atoms with van der Waals surface area (Å²) in [7, 11) is -1.15. The molecule has 0 heterocycles. The molecule has 0 fully saturated rings. The number of unbranched alkanes of at least 4 members (excludes halogenated alkanes) is 1. The van der Waals surface area contributed by atoms with Crippen LogP contribution in [0.4, 0.5) is 0 Å². The van der Waals surface area contributed by atoms with Crippen molar-refractivity contribution in [3.63, 3.8) is 0 Å². The van der Waals surface area contributed by atoms with Gasteiger partial charge in [0, 0.05) is 5.71 Å². The van der Waals surface area contributed by atoms with Crippen molar-refractivity contribution < 1.29 is 0 Å². The fraction of sp³-hybridized carbons (Fsp3) is 0.750. The van der Waals surface area contributed by atoms with Gasteiger partial charge in [-0.1, -0.05) is 45.6 Å². The Kier molecular flexibility index (Phi) is 6.01. The van der Waals surface area contributed by atoms with Gasteiger partial charge in [-0.15, -0.1) is 0 Å². The minimum Gasteiger partial charge on any atom is -0.305 e. The van der Waals surface area contributed by atoms with Crippen LogP contribution in [0.25, 0.3) is 0 Å². The number of nitrogens with one attached hydrogen (secondary N) is 1. The Balaban J connectivity index is 4.55. The van der Waals surface area contributed by atoms with Crippen LogP contribution >= 0.6 is 0 Å². The zero-order valence-electron chi connectivity index (χ0n) is 10.4. The average molecular weight is 211 g/mol. The highest BCUT2D eigenvalue weighted by molar-refractivity contribution is 6.81. The van der Waals surface area contributed by atoms with E-state index < -0.39 is 8.07 Å². The van der Waals surface area contributed by atoms with E-state index in [0.717, 1.165) is 18.6 Å². The molecule has 0 aromatic rings. The molecule has 1 nitrogen and oxygen atoms in total. The fourth-order valence-corrected chi connectivity index (χ4v) is 2.79. The van der Waals surface area contributed by atoms with Gasteiger partial charge in [0.05, 0.1) is 8.07 Å². The van der Waals surface area contributed by atoms with Crippen LogP contribution in [-0.4, -0.2) is 13.8 Å². The molecule has 0 rings (SSSR count). The second-order valence-corrected chi connectivity index (χ2v) is 9.99. The largest absolute Gasteiger partial charge is 0.305 e. The summed E-state index contributed by atoms with van der Waals surface area (Å²) < 4.78 is 0. The Bertz CT molecular complexity index is 211. The molecule has 0 aliphatic rings. The van der Waals surface area contributed by atoms with E-state index in [2.05, 4.69) is 39.2 Å². The molecule has 0 amide bonds. The van der Waals surface area contributed by atoms with Gasteiger partial charge in [-0.3, -0.25) is 0 Å². The van der Waals surface area contributed by atoms with Crippen molar-refractivity contribution in [3.8, 4) is 0 Å². The van der Waals surface area contributed by atoms with Gasteiger partial charge in [0.2, 0.25) is 0 Å². The van der Waals surface area contributed by atoms with Crippen molar-refractivity contribution in [2.24, 2.45) is 0 Å². The Hall–Kier alpha value is -0.373. The third kappa shape index (κ3) is 6.14. The lowest BCUT2D eigenvalue weighted by Gasteiger charge is -2.15. The highest BCUT2D eigenvalue weighted by Gasteiger charge is 2.12. The first-order chi connectivity index (χ1) is 6.40. The third-order valence-corrected chi connectivity index (χ3v) is 3.36. The Morgan fingerprint density at radius 2 is 1.79 bits per heavy atom. The Morgan fingerprint density at radius 3 is 2.14 bits per heavy atom. The molecule has 0 atom stereocenters.